The Kier molecular flexibility index (Phi) is 12.3. The first-order valence-corrected chi connectivity index (χ1v) is 30.5. The summed E-state index contributed by atoms with van der Waals surface area (Å²) in [5.74, 6) is 0. The Labute approximate surface area is 511 Å². The van der Waals surface area contributed by atoms with E-state index in [1.807, 2.05) is 0 Å². The quantitative estimate of drug-likeness (QED) is 0.133. The molecule has 0 amide bonds. The lowest BCUT2D eigenvalue weighted by molar-refractivity contribution is 1.61. The Morgan fingerprint density at radius 2 is 0.386 bits per heavy atom. The van der Waals surface area contributed by atoms with Gasteiger partial charge in [-0.2, -0.15) is 0 Å². The van der Waals surface area contributed by atoms with Gasteiger partial charge >= 0.3 is 0 Å². The Balaban J connectivity index is 0.000000137. The van der Waals surface area contributed by atoms with Crippen LogP contribution in [0.3, 0.4) is 0 Å². The van der Waals surface area contributed by atoms with Gasteiger partial charge in [-0.3, -0.25) is 0 Å². The van der Waals surface area contributed by atoms with E-state index in [4.69, 9.17) is 0 Å². The van der Waals surface area contributed by atoms with E-state index in [0.717, 1.165) is 0 Å². The van der Waals surface area contributed by atoms with Gasteiger partial charge in [-0.1, -0.05) is 309 Å². The Bertz CT molecular complexity index is 5630. The van der Waals surface area contributed by atoms with Crippen LogP contribution >= 0.6 is 0 Å². The van der Waals surface area contributed by atoms with Crippen LogP contribution in [-0.2, 0) is 0 Å². The van der Waals surface area contributed by atoms with E-state index in [-0.39, 0.29) is 0 Å². The van der Waals surface area contributed by atoms with Crippen molar-refractivity contribution < 1.29 is 0 Å². The van der Waals surface area contributed by atoms with Crippen LogP contribution in [0.2, 0.25) is 0 Å². The Hall–Kier alpha value is -11.4. The first-order chi connectivity index (χ1) is 43.6. The number of rotatable bonds is 8. The first kappa shape index (κ1) is 51.0. The molecule has 18 rings (SSSR count). The third-order valence-corrected chi connectivity index (χ3v) is 18.4. The van der Waals surface area contributed by atoms with Crippen molar-refractivity contribution in [1.29, 1.82) is 0 Å². The van der Waals surface area contributed by atoms with Crippen molar-refractivity contribution in [3.05, 3.63) is 340 Å². The molecule has 0 unspecified atom stereocenters. The molecule has 0 nitrogen and oxygen atoms in total. The van der Waals surface area contributed by atoms with Crippen molar-refractivity contribution in [2.45, 2.75) is 0 Å². The van der Waals surface area contributed by atoms with E-state index in [1.54, 1.807) is 0 Å². The van der Waals surface area contributed by atoms with Crippen molar-refractivity contribution in [3.63, 3.8) is 0 Å². The minimum atomic E-state index is 1.23. The lowest BCUT2D eigenvalue weighted by atomic mass is 9.84. The zero-order valence-electron chi connectivity index (χ0n) is 48.3. The molecule has 18 aromatic carbocycles. The summed E-state index contributed by atoms with van der Waals surface area (Å²) in [6.45, 7) is 0. The van der Waals surface area contributed by atoms with Gasteiger partial charge in [0.25, 0.3) is 0 Å². The molecule has 0 aromatic heterocycles. The average molecular weight is 1110 g/mol. The van der Waals surface area contributed by atoms with E-state index in [1.165, 1.54) is 175 Å². The molecular formula is C88H56. The Morgan fingerprint density at radius 3 is 0.830 bits per heavy atom. The third kappa shape index (κ3) is 8.76. The molecule has 0 fully saturated rings. The maximum Gasteiger partial charge on any atom is -0.00141 e. The molecule has 0 aliphatic rings. The molecule has 0 saturated carbocycles. The van der Waals surface area contributed by atoms with Crippen molar-refractivity contribution in [2.24, 2.45) is 0 Å². The molecular weight excluding hydrogens is 1060 g/mol. The van der Waals surface area contributed by atoms with E-state index in [9.17, 15) is 0 Å². The molecule has 0 aliphatic heterocycles. The summed E-state index contributed by atoms with van der Waals surface area (Å²) in [7, 11) is 0. The van der Waals surface area contributed by atoms with Crippen LogP contribution in [0, 0.1) is 0 Å². The van der Waals surface area contributed by atoms with Crippen LogP contribution in [0.4, 0.5) is 0 Å². The lowest BCUT2D eigenvalue weighted by Crippen LogP contribution is -1.92. The van der Waals surface area contributed by atoms with Gasteiger partial charge in [0.15, 0.2) is 0 Å². The molecule has 0 saturated heterocycles. The summed E-state index contributed by atoms with van der Waals surface area (Å²) in [5.41, 5.74) is 20.0. The van der Waals surface area contributed by atoms with Crippen LogP contribution in [0.25, 0.3) is 175 Å². The van der Waals surface area contributed by atoms with Gasteiger partial charge in [-0.15, -0.1) is 0 Å². The summed E-state index contributed by atoms with van der Waals surface area (Å²) in [6, 6.07) is 125. The minimum Gasteiger partial charge on any atom is -0.0622 e. The minimum absolute atomic E-state index is 1.23. The number of hydrogen-bond acceptors (Lipinski definition) is 0. The lowest BCUT2D eigenvalue weighted by Gasteiger charge is -2.20. The second-order valence-electron chi connectivity index (χ2n) is 23.4. The average Bonchev–Trinajstić information content (AvgIpc) is 0.804. The molecule has 0 atom stereocenters. The highest BCUT2D eigenvalue weighted by molar-refractivity contribution is 6.31. The largest absolute Gasteiger partial charge is 0.0622 e. The number of benzene rings is 18. The molecule has 18 aromatic rings. The highest BCUT2D eigenvalue weighted by Gasteiger charge is 2.21. The molecule has 0 N–H and O–H groups in total. The number of hydrogen-bond donors (Lipinski definition) is 0. The van der Waals surface area contributed by atoms with Gasteiger partial charge in [-0.25, -0.2) is 0 Å². The van der Waals surface area contributed by atoms with Crippen LogP contribution in [0.1, 0.15) is 0 Å². The van der Waals surface area contributed by atoms with Crippen molar-refractivity contribution in [1.82, 2.24) is 0 Å². The fraction of sp³-hybridized carbons (Fsp3) is 0. The molecule has 0 aliphatic carbocycles. The SMILES string of the molecule is c1ccc(-c2ccc3ccc4c(-c5ccccc5)cc(-c5ccc(-c6ccc7ccccc7c6)cc5)c5ccc2c3c45)cc1.c1ccc(-c2ccc3ccc4c(-c5ccccc5)cc(-c5cccc(-c6ccc7ccccc7c6)c5)c5ccc2c3c45)cc1. The van der Waals surface area contributed by atoms with E-state index < -0.39 is 0 Å². The van der Waals surface area contributed by atoms with Crippen LogP contribution in [0.5, 0.6) is 0 Å². The predicted octanol–water partition coefficient (Wildman–Crippen LogP) is 24.8. The zero-order valence-corrected chi connectivity index (χ0v) is 48.3. The first-order valence-electron chi connectivity index (χ1n) is 30.5. The van der Waals surface area contributed by atoms with Crippen LogP contribution < -0.4 is 0 Å². The zero-order chi connectivity index (χ0) is 58.1. The van der Waals surface area contributed by atoms with E-state index in [0.29, 0.717) is 0 Å². The molecule has 0 spiro atoms. The van der Waals surface area contributed by atoms with Crippen LogP contribution in [-0.4, -0.2) is 0 Å². The smallest absolute Gasteiger partial charge is 0.00141 e. The van der Waals surface area contributed by atoms with Gasteiger partial charge in [-0.05, 0) is 206 Å². The van der Waals surface area contributed by atoms with Gasteiger partial charge in [0.2, 0.25) is 0 Å². The molecule has 88 heavy (non-hydrogen) atoms. The molecule has 0 bridgehead atoms. The normalized spacial score (nSPS) is 11.6. The van der Waals surface area contributed by atoms with Gasteiger partial charge in [0, 0.05) is 0 Å². The summed E-state index contributed by atoms with van der Waals surface area (Å²) in [4.78, 5) is 0. The van der Waals surface area contributed by atoms with Crippen molar-refractivity contribution >= 4 is 86.2 Å². The molecule has 408 valence electrons. The van der Waals surface area contributed by atoms with E-state index in [2.05, 4.69) is 340 Å². The standard InChI is InChI=1S/2C44H28/c1-3-11-30(12-4-1)37-22-20-32-21-23-39-41(31-13-5-2-6-14-31)28-42(40-25-24-38(37)43(32)44(39)40)36-17-9-16-34(27-36)35-19-18-29-10-7-8-15-33(29)26-35;1-3-10-31(11-4-1)37-23-21-34-22-24-39-41(32-12-5-2-6-13-32)28-42(40-26-25-38(37)43(34)44(39)40)33-18-15-30(16-19-33)36-20-17-29-9-7-8-14-35(29)27-36/h2*1-28H. The van der Waals surface area contributed by atoms with E-state index >= 15 is 0 Å². The summed E-state index contributed by atoms with van der Waals surface area (Å²) < 4.78 is 0. The van der Waals surface area contributed by atoms with Gasteiger partial charge in [0.1, 0.15) is 0 Å². The molecule has 0 heterocycles. The van der Waals surface area contributed by atoms with Crippen LogP contribution in [0.15, 0.2) is 340 Å². The fourth-order valence-corrected chi connectivity index (χ4v) is 14.2. The summed E-state index contributed by atoms with van der Waals surface area (Å²) in [6.07, 6.45) is 0. The Morgan fingerprint density at radius 1 is 0.114 bits per heavy atom. The summed E-state index contributed by atoms with van der Waals surface area (Å²) in [5, 5.41) is 20.8. The molecule has 0 radical (unpaired) electrons. The maximum absolute atomic E-state index is 2.41. The second kappa shape index (κ2) is 21.3. The fourth-order valence-electron chi connectivity index (χ4n) is 14.2. The highest BCUT2D eigenvalue weighted by Crippen LogP contribution is 2.49. The van der Waals surface area contributed by atoms with Gasteiger partial charge in [0.05, 0.1) is 0 Å². The van der Waals surface area contributed by atoms with Crippen molar-refractivity contribution in [2.75, 3.05) is 0 Å². The van der Waals surface area contributed by atoms with Crippen molar-refractivity contribution in [3.8, 4) is 89.0 Å². The summed E-state index contributed by atoms with van der Waals surface area (Å²) >= 11 is 0. The molecule has 0 heteroatoms. The van der Waals surface area contributed by atoms with Gasteiger partial charge < -0.3 is 0 Å². The predicted molar refractivity (Wildman–Crippen MR) is 379 cm³/mol. The maximum atomic E-state index is 2.41. The monoisotopic (exact) mass is 1110 g/mol. The second-order valence-corrected chi connectivity index (χ2v) is 23.4. The highest BCUT2D eigenvalue weighted by atomic mass is 14.2. The topological polar surface area (TPSA) is 0 Å². The third-order valence-electron chi connectivity index (χ3n) is 18.4. The number of fused-ring (bicyclic) bond motifs is 2.